The maximum absolute atomic E-state index is 12.9. The highest BCUT2D eigenvalue weighted by atomic mass is 32.2. The van der Waals surface area contributed by atoms with E-state index in [9.17, 15) is 21.6 Å². The third-order valence-corrected chi connectivity index (χ3v) is 7.30. The molecule has 1 heterocycles. The van der Waals surface area contributed by atoms with Crippen molar-refractivity contribution in [3.05, 3.63) is 67.0 Å². The van der Waals surface area contributed by atoms with Gasteiger partial charge in [0.15, 0.2) is 0 Å². The second-order valence-corrected chi connectivity index (χ2v) is 10.9. The molecule has 1 atom stereocenters. The van der Waals surface area contributed by atoms with Crippen molar-refractivity contribution in [3.63, 3.8) is 0 Å². The van der Waals surface area contributed by atoms with Gasteiger partial charge in [0, 0.05) is 18.1 Å². The molecular weight excluding hydrogens is 494 g/mol. The molecule has 3 aromatic rings. The van der Waals surface area contributed by atoms with Crippen molar-refractivity contribution in [3.8, 4) is 5.75 Å². The molecular formula is C22H25N5O6S2. The van der Waals surface area contributed by atoms with Gasteiger partial charge in [-0.1, -0.05) is 0 Å². The minimum Gasteiger partial charge on any atom is -0.494 e. The molecule has 0 radical (unpaired) electrons. The van der Waals surface area contributed by atoms with Crippen LogP contribution in [0.2, 0.25) is 0 Å². The number of carbonyl (C=O) groups excluding carboxylic acids is 1. The van der Waals surface area contributed by atoms with E-state index in [1.54, 1.807) is 30.3 Å². The van der Waals surface area contributed by atoms with E-state index < -0.39 is 32.0 Å². The van der Waals surface area contributed by atoms with Crippen molar-refractivity contribution >= 4 is 43.3 Å². The van der Waals surface area contributed by atoms with Crippen LogP contribution in [-0.4, -0.2) is 51.6 Å². The predicted molar refractivity (Wildman–Crippen MR) is 132 cm³/mol. The number of nitrogens with zero attached hydrogens (tertiary/aromatic N) is 3. The summed E-state index contributed by atoms with van der Waals surface area (Å²) < 4.78 is 58.6. The van der Waals surface area contributed by atoms with E-state index in [0.29, 0.717) is 18.0 Å². The molecule has 2 N–H and O–H groups in total. The smallest absolute Gasteiger partial charge is 0.264 e. The van der Waals surface area contributed by atoms with Gasteiger partial charge in [-0.15, -0.1) is 0 Å². The molecule has 1 aromatic heterocycles. The minimum atomic E-state index is -3.94. The van der Waals surface area contributed by atoms with Crippen LogP contribution in [0, 0.1) is 0 Å². The number of amides is 1. The number of aromatic nitrogens is 2. The highest BCUT2D eigenvalue weighted by molar-refractivity contribution is 7.92. The number of hydrogen-bond donors (Lipinski definition) is 2. The van der Waals surface area contributed by atoms with Gasteiger partial charge in [0.1, 0.15) is 11.8 Å². The van der Waals surface area contributed by atoms with Crippen LogP contribution in [0.5, 0.6) is 5.75 Å². The summed E-state index contributed by atoms with van der Waals surface area (Å²) in [5.41, 5.74) is 0.589. The summed E-state index contributed by atoms with van der Waals surface area (Å²) in [7, 11) is -7.74. The monoisotopic (exact) mass is 519 g/mol. The molecule has 0 aliphatic heterocycles. The molecule has 1 amide bonds. The number of rotatable bonds is 10. The fourth-order valence-electron chi connectivity index (χ4n) is 3.16. The molecule has 0 aliphatic rings. The lowest BCUT2D eigenvalue weighted by molar-refractivity contribution is -0.116. The largest absolute Gasteiger partial charge is 0.494 e. The highest BCUT2D eigenvalue weighted by Crippen LogP contribution is 2.25. The first-order chi connectivity index (χ1) is 16.5. The number of benzene rings is 2. The summed E-state index contributed by atoms with van der Waals surface area (Å²) in [5.74, 6) is -0.102. The lowest BCUT2D eigenvalue weighted by Crippen LogP contribution is -2.45. The van der Waals surface area contributed by atoms with Crippen LogP contribution in [0.25, 0.3) is 0 Å². The van der Waals surface area contributed by atoms with Crippen LogP contribution in [0.4, 0.5) is 17.3 Å². The average molecular weight is 520 g/mol. The van der Waals surface area contributed by atoms with E-state index in [-0.39, 0.29) is 16.5 Å². The first-order valence-electron chi connectivity index (χ1n) is 10.4. The SMILES string of the molecule is CCOc1ccc(N([C@H](C)C(=O)Nc2ccc(S(=O)(=O)Nc3ncccn3)cc2)S(C)(=O)=O)cc1. The standard InChI is InChI=1S/C22H25N5O6S2/c1-4-33-19-10-8-18(9-11-19)27(34(3,29)30)16(2)21(28)25-17-6-12-20(13-7-17)35(31,32)26-22-23-14-5-15-24-22/h5-16H,4H2,1-3H3,(H,25,28)(H,23,24,26)/t16-/m1/s1. The summed E-state index contributed by atoms with van der Waals surface area (Å²) >= 11 is 0. The number of sulfonamides is 2. The highest BCUT2D eigenvalue weighted by Gasteiger charge is 2.29. The van der Waals surface area contributed by atoms with Crippen molar-refractivity contribution in [1.82, 2.24) is 9.97 Å². The molecule has 0 bridgehead atoms. The number of nitrogens with one attached hydrogen (secondary N) is 2. The molecule has 11 nitrogen and oxygen atoms in total. The predicted octanol–water partition coefficient (Wildman–Crippen LogP) is 2.47. The van der Waals surface area contributed by atoms with E-state index in [4.69, 9.17) is 4.74 Å². The van der Waals surface area contributed by atoms with Crippen LogP contribution < -0.4 is 19.1 Å². The van der Waals surface area contributed by atoms with Gasteiger partial charge in [-0.25, -0.2) is 31.5 Å². The van der Waals surface area contributed by atoms with Crippen LogP contribution in [0.15, 0.2) is 71.9 Å². The Morgan fingerprint density at radius 3 is 2.14 bits per heavy atom. The van der Waals surface area contributed by atoms with Crippen molar-refractivity contribution in [2.24, 2.45) is 0 Å². The van der Waals surface area contributed by atoms with E-state index in [1.165, 1.54) is 43.6 Å². The van der Waals surface area contributed by atoms with E-state index >= 15 is 0 Å². The van der Waals surface area contributed by atoms with Gasteiger partial charge in [-0.05, 0) is 68.4 Å². The Morgan fingerprint density at radius 2 is 1.60 bits per heavy atom. The van der Waals surface area contributed by atoms with E-state index in [1.807, 2.05) is 6.92 Å². The van der Waals surface area contributed by atoms with Crippen LogP contribution >= 0.6 is 0 Å². The third kappa shape index (κ3) is 6.67. The Morgan fingerprint density at radius 1 is 1.00 bits per heavy atom. The molecule has 35 heavy (non-hydrogen) atoms. The maximum atomic E-state index is 12.9. The fraction of sp³-hybridized carbons (Fsp3) is 0.227. The summed E-state index contributed by atoms with van der Waals surface area (Å²) in [6, 6.07) is 12.2. The zero-order chi connectivity index (χ0) is 25.6. The Labute approximate surface area is 204 Å². The van der Waals surface area contributed by atoms with Gasteiger partial charge in [-0.3, -0.25) is 9.10 Å². The summed E-state index contributed by atoms with van der Waals surface area (Å²) in [4.78, 5) is 20.5. The quantitative estimate of drug-likeness (QED) is 0.415. The van der Waals surface area contributed by atoms with Gasteiger partial charge in [0.05, 0.1) is 23.4 Å². The van der Waals surface area contributed by atoms with E-state index in [2.05, 4.69) is 20.0 Å². The van der Waals surface area contributed by atoms with Gasteiger partial charge in [0.25, 0.3) is 10.0 Å². The summed E-state index contributed by atoms with van der Waals surface area (Å²) in [6.07, 6.45) is 3.81. The van der Waals surface area contributed by atoms with Crippen molar-refractivity contribution in [2.75, 3.05) is 27.2 Å². The second kappa shape index (κ2) is 10.7. The molecule has 0 aliphatic carbocycles. The summed E-state index contributed by atoms with van der Waals surface area (Å²) in [6.45, 7) is 3.75. The lowest BCUT2D eigenvalue weighted by atomic mass is 10.2. The topological polar surface area (TPSA) is 148 Å². The van der Waals surface area contributed by atoms with Crippen molar-refractivity contribution in [2.45, 2.75) is 24.8 Å². The molecule has 0 unspecified atom stereocenters. The first kappa shape index (κ1) is 25.9. The normalized spacial score (nSPS) is 12.4. The minimum absolute atomic E-state index is 0.0665. The third-order valence-electron chi connectivity index (χ3n) is 4.71. The van der Waals surface area contributed by atoms with Gasteiger partial charge < -0.3 is 10.1 Å². The van der Waals surface area contributed by atoms with Crippen molar-refractivity contribution < 1.29 is 26.4 Å². The Bertz CT molecular complexity index is 1360. The Balaban J connectivity index is 1.75. The lowest BCUT2D eigenvalue weighted by Gasteiger charge is -2.28. The first-order valence-corrected chi connectivity index (χ1v) is 13.8. The second-order valence-electron chi connectivity index (χ2n) is 7.35. The van der Waals surface area contributed by atoms with Gasteiger partial charge in [-0.2, -0.15) is 0 Å². The van der Waals surface area contributed by atoms with E-state index in [0.717, 1.165) is 10.6 Å². The van der Waals surface area contributed by atoms with Crippen molar-refractivity contribution in [1.29, 1.82) is 0 Å². The molecule has 13 heteroatoms. The molecule has 0 fully saturated rings. The zero-order valence-electron chi connectivity index (χ0n) is 19.2. The Kier molecular flexibility index (Phi) is 7.92. The molecule has 186 valence electrons. The van der Waals surface area contributed by atoms with Crippen LogP contribution in [0.1, 0.15) is 13.8 Å². The molecule has 0 saturated carbocycles. The number of anilines is 3. The fourth-order valence-corrected chi connectivity index (χ4v) is 5.29. The van der Waals surface area contributed by atoms with Crippen LogP contribution in [0.3, 0.4) is 0 Å². The maximum Gasteiger partial charge on any atom is 0.264 e. The Hall–Kier alpha value is -3.71. The molecule has 0 saturated heterocycles. The van der Waals surface area contributed by atoms with Gasteiger partial charge in [0.2, 0.25) is 21.9 Å². The average Bonchev–Trinajstić information content (AvgIpc) is 2.80. The van der Waals surface area contributed by atoms with Crippen LogP contribution in [-0.2, 0) is 24.8 Å². The zero-order valence-corrected chi connectivity index (χ0v) is 20.9. The molecule has 0 spiro atoms. The molecule has 2 aromatic carbocycles. The number of ether oxygens (including phenoxy) is 1. The molecule has 3 rings (SSSR count). The number of carbonyl (C=O) groups is 1. The van der Waals surface area contributed by atoms with Gasteiger partial charge >= 0.3 is 0 Å². The number of hydrogen-bond acceptors (Lipinski definition) is 8. The summed E-state index contributed by atoms with van der Waals surface area (Å²) in [5, 5.41) is 2.61.